The molecule has 134 valence electrons. The number of aliphatic hydroxyl groups is 1. The van der Waals surface area contributed by atoms with Gasteiger partial charge in [0.05, 0.1) is 35.6 Å². The molecule has 6 nitrogen and oxygen atoms in total. The summed E-state index contributed by atoms with van der Waals surface area (Å²) in [5, 5.41) is 10.3. The van der Waals surface area contributed by atoms with E-state index in [0.29, 0.717) is 13.0 Å². The van der Waals surface area contributed by atoms with Crippen molar-refractivity contribution >= 4 is 10.0 Å². The maximum atomic E-state index is 12.4. The Hall–Kier alpha value is -1.70. The highest BCUT2D eigenvalue weighted by atomic mass is 32.2. The topological polar surface area (TPSA) is 75.4 Å². The molecule has 0 bridgehead atoms. The molecule has 25 heavy (non-hydrogen) atoms. The molecule has 2 aliphatic rings. The van der Waals surface area contributed by atoms with Gasteiger partial charge in [0.1, 0.15) is 0 Å². The molecule has 1 fully saturated rings. The van der Waals surface area contributed by atoms with Crippen LogP contribution in [0.15, 0.2) is 36.8 Å². The summed E-state index contributed by atoms with van der Waals surface area (Å²) in [4.78, 5) is 4.27. The molecule has 4 rings (SSSR count). The Balaban J connectivity index is 1.65. The summed E-state index contributed by atoms with van der Waals surface area (Å²) < 4.78 is 28.4. The molecule has 1 aromatic heterocycles. The summed E-state index contributed by atoms with van der Waals surface area (Å²) in [6.07, 6.45) is 3.59. The molecule has 2 aromatic rings. The van der Waals surface area contributed by atoms with Crippen LogP contribution < -0.4 is 0 Å². The number of rotatable bonds is 3. The molecule has 0 aliphatic carbocycles. The average molecular weight is 361 g/mol. The summed E-state index contributed by atoms with van der Waals surface area (Å²) in [5.74, 6) is -0.0322. The molecular weight excluding hydrogens is 338 g/mol. The van der Waals surface area contributed by atoms with Crippen LogP contribution in [0.2, 0.25) is 0 Å². The third kappa shape index (κ3) is 2.53. The molecule has 0 spiro atoms. The first-order valence-corrected chi connectivity index (χ1v) is 10.2. The summed E-state index contributed by atoms with van der Waals surface area (Å²) in [6, 6.07) is 8.20. The third-order valence-corrected chi connectivity index (χ3v) is 7.72. The summed E-state index contributed by atoms with van der Waals surface area (Å²) in [5.41, 5.74) is 3.39. The highest BCUT2D eigenvalue weighted by Gasteiger charge is 2.42. The number of aromatic nitrogens is 2. The minimum absolute atomic E-state index is 0.00704. The van der Waals surface area contributed by atoms with Crippen LogP contribution in [0.4, 0.5) is 0 Å². The lowest BCUT2D eigenvalue weighted by molar-refractivity contribution is 0.0341. The van der Waals surface area contributed by atoms with Crippen molar-refractivity contribution in [1.29, 1.82) is 0 Å². The molecule has 0 radical (unpaired) electrons. The molecule has 2 aliphatic heterocycles. The van der Waals surface area contributed by atoms with E-state index in [4.69, 9.17) is 0 Å². The van der Waals surface area contributed by atoms with E-state index in [1.54, 1.807) is 13.8 Å². The number of fused-ring (bicyclic) bond motifs is 3. The number of β-amino-alcohol motifs (C(OH)–C–C–N with tert-alkyl or cyclic N) is 1. The first kappa shape index (κ1) is 16.8. The molecule has 7 heteroatoms. The maximum absolute atomic E-state index is 12.4. The molecule has 0 amide bonds. The monoisotopic (exact) mass is 361 g/mol. The van der Waals surface area contributed by atoms with Gasteiger partial charge in [-0.15, -0.1) is 0 Å². The van der Waals surface area contributed by atoms with Crippen LogP contribution in [0, 0.1) is 5.92 Å². The predicted octanol–water partition coefficient (Wildman–Crippen LogP) is 1.87. The van der Waals surface area contributed by atoms with E-state index in [0.717, 1.165) is 11.3 Å². The van der Waals surface area contributed by atoms with Crippen molar-refractivity contribution in [3.63, 3.8) is 0 Å². The van der Waals surface area contributed by atoms with Crippen LogP contribution in [0.5, 0.6) is 0 Å². The van der Waals surface area contributed by atoms with Gasteiger partial charge < -0.3 is 9.67 Å². The normalized spacial score (nSPS) is 26.6. The Kier molecular flexibility index (Phi) is 3.97. The van der Waals surface area contributed by atoms with Crippen molar-refractivity contribution in [3.8, 4) is 11.3 Å². The quantitative estimate of drug-likeness (QED) is 0.906. The van der Waals surface area contributed by atoms with Crippen molar-refractivity contribution in [2.75, 3.05) is 13.1 Å². The van der Waals surface area contributed by atoms with Gasteiger partial charge in [0, 0.05) is 24.6 Å². The largest absolute Gasteiger partial charge is 0.391 e. The van der Waals surface area contributed by atoms with Crippen LogP contribution in [-0.2, 0) is 10.0 Å². The summed E-state index contributed by atoms with van der Waals surface area (Å²) >= 11 is 0. The van der Waals surface area contributed by atoms with E-state index in [1.807, 2.05) is 24.7 Å². The molecule has 0 unspecified atom stereocenters. The minimum Gasteiger partial charge on any atom is -0.391 e. The number of aliphatic hydroxyl groups excluding tert-OH is 1. The summed E-state index contributed by atoms with van der Waals surface area (Å²) in [7, 11) is -3.34. The SMILES string of the molecule is CC(C)S(=O)(=O)N1CC[C@@H]([C@@H]2c3ccccc3-c3cncn32)[C@H](O)C1. The molecular formula is C18H23N3O3S. The van der Waals surface area contributed by atoms with Crippen molar-refractivity contribution in [2.45, 2.75) is 37.7 Å². The van der Waals surface area contributed by atoms with E-state index in [2.05, 4.69) is 21.7 Å². The second-order valence-corrected chi connectivity index (χ2v) is 9.68. The number of benzene rings is 1. The Bertz CT molecular complexity index is 890. The van der Waals surface area contributed by atoms with E-state index >= 15 is 0 Å². The third-order valence-electron chi connectivity index (χ3n) is 5.48. The summed E-state index contributed by atoms with van der Waals surface area (Å²) in [6.45, 7) is 3.97. The van der Waals surface area contributed by atoms with Gasteiger partial charge in [-0.25, -0.2) is 13.4 Å². The van der Waals surface area contributed by atoms with Crippen molar-refractivity contribution in [3.05, 3.63) is 42.4 Å². The number of nitrogens with zero attached hydrogens (tertiary/aromatic N) is 3. The lowest BCUT2D eigenvalue weighted by atomic mass is 9.84. The van der Waals surface area contributed by atoms with Gasteiger partial charge in [0.15, 0.2) is 0 Å². The fourth-order valence-electron chi connectivity index (χ4n) is 4.13. The number of hydrogen-bond donors (Lipinski definition) is 1. The molecule has 1 saturated heterocycles. The lowest BCUT2D eigenvalue weighted by Crippen LogP contribution is -2.50. The van der Waals surface area contributed by atoms with E-state index in [-0.39, 0.29) is 18.5 Å². The highest BCUT2D eigenvalue weighted by Crippen LogP contribution is 2.45. The van der Waals surface area contributed by atoms with Crippen LogP contribution in [-0.4, -0.2) is 51.8 Å². The molecule has 1 N–H and O–H groups in total. The first-order valence-electron chi connectivity index (χ1n) is 8.69. The highest BCUT2D eigenvalue weighted by molar-refractivity contribution is 7.89. The fourth-order valence-corrected chi connectivity index (χ4v) is 5.44. The van der Waals surface area contributed by atoms with Crippen molar-refractivity contribution < 1.29 is 13.5 Å². The second kappa shape index (κ2) is 5.93. The first-order chi connectivity index (χ1) is 11.9. The molecule has 3 heterocycles. The Labute approximate surface area is 148 Å². The zero-order valence-electron chi connectivity index (χ0n) is 14.4. The standard InChI is InChI=1S/C18H23N3O3S/c1-12(2)25(23,24)20-8-7-15(17(22)10-20)18-14-6-4-3-5-13(14)16-9-19-11-21(16)18/h3-6,9,11-12,15,17-18,22H,7-8,10H2,1-2H3/t15-,17-,18+/m1/s1. The van der Waals surface area contributed by atoms with Crippen LogP contribution in [0.25, 0.3) is 11.3 Å². The van der Waals surface area contributed by atoms with Gasteiger partial charge in [-0.05, 0) is 25.8 Å². The fraction of sp³-hybridized carbons (Fsp3) is 0.500. The number of sulfonamides is 1. The van der Waals surface area contributed by atoms with E-state index < -0.39 is 21.4 Å². The van der Waals surface area contributed by atoms with Crippen molar-refractivity contribution in [1.82, 2.24) is 13.9 Å². The zero-order valence-corrected chi connectivity index (χ0v) is 15.2. The number of imidazole rings is 1. The van der Waals surface area contributed by atoms with Crippen LogP contribution in [0.3, 0.4) is 0 Å². The molecule has 3 atom stereocenters. The van der Waals surface area contributed by atoms with Crippen molar-refractivity contribution in [2.24, 2.45) is 5.92 Å². The van der Waals surface area contributed by atoms with Crippen LogP contribution >= 0.6 is 0 Å². The smallest absolute Gasteiger partial charge is 0.216 e. The van der Waals surface area contributed by atoms with E-state index in [9.17, 15) is 13.5 Å². The number of piperidine rings is 1. The van der Waals surface area contributed by atoms with Gasteiger partial charge >= 0.3 is 0 Å². The Morgan fingerprint density at radius 2 is 2.04 bits per heavy atom. The van der Waals surface area contributed by atoms with Gasteiger partial charge in [-0.3, -0.25) is 0 Å². The Morgan fingerprint density at radius 1 is 1.28 bits per heavy atom. The lowest BCUT2D eigenvalue weighted by Gasteiger charge is -2.39. The predicted molar refractivity (Wildman–Crippen MR) is 95.5 cm³/mol. The van der Waals surface area contributed by atoms with E-state index in [1.165, 1.54) is 9.87 Å². The minimum atomic E-state index is -3.34. The average Bonchev–Trinajstić information content (AvgIpc) is 3.16. The van der Waals surface area contributed by atoms with Gasteiger partial charge in [-0.1, -0.05) is 24.3 Å². The van der Waals surface area contributed by atoms with Gasteiger partial charge in [-0.2, -0.15) is 4.31 Å². The Morgan fingerprint density at radius 3 is 2.76 bits per heavy atom. The van der Waals surface area contributed by atoms with Gasteiger partial charge in [0.25, 0.3) is 0 Å². The maximum Gasteiger partial charge on any atom is 0.216 e. The van der Waals surface area contributed by atoms with Crippen LogP contribution in [0.1, 0.15) is 31.9 Å². The zero-order chi connectivity index (χ0) is 17.8. The molecule has 0 saturated carbocycles. The second-order valence-electron chi connectivity index (χ2n) is 7.19. The van der Waals surface area contributed by atoms with Gasteiger partial charge in [0.2, 0.25) is 10.0 Å². The molecule has 1 aromatic carbocycles. The number of hydrogen-bond acceptors (Lipinski definition) is 4.